The van der Waals surface area contributed by atoms with Crippen LogP contribution >= 0.6 is 0 Å². The zero-order valence-electron chi connectivity index (χ0n) is 10.5. The zero-order chi connectivity index (χ0) is 13.9. The number of carbonyl (C=O) groups excluding carboxylic acids is 2. The normalized spacial score (nSPS) is 10.2. The van der Waals surface area contributed by atoms with Crippen molar-refractivity contribution in [1.82, 2.24) is 9.78 Å². The summed E-state index contributed by atoms with van der Waals surface area (Å²) in [5.74, 6) is -0.917. The molecule has 0 spiro atoms. The number of esters is 1. The third-order valence-corrected chi connectivity index (χ3v) is 2.30. The predicted octanol–water partition coefficient (Wildman–Crippen LogP) is -0.100. The minimum atomic E-state index is -0.668. The Bertz CT molecular complexity index is 548. The summed E-state index contributed by atoms with van der Waals surface area (Å²) >= 11 is 0. The molecule has 0 unspecified atom stereocenters. The van der Waals surface area contributed by atoms with E-state index in [-0.39, 0.29) is 30.2 Å². The molecule has 1 heterocycles. The maximum absolute atomic E-state index is 11.8. The van der Waals surface area contributed by atoms with Crippen molar-refractivity contribution in [1.29, 1.82) is 0 Å². The van der Waals surface area contributed by atoms with E-state index >= 15 is 0 Å². The number of ketones is 1. The van der Waals surface area contributed by atoms with Crippen molar-refractivity contribution in [3.8, 4) is 0 Å². The largest absolute Gasteiger partial charge is 0.465 e. The maximum Gasteiger partial charge on any atom is 0.327 e. The molecule has 1 aromatic rings. The summed E-state index contributed by atoms with van der Waals surface area (Å²) in [6.07, 6.45) is 0. The molecule has 1 rings (SSSR count). The van der Waals surface area contributed by atoms with Crippen molar-refractivity contribution in [3.63, 3.8) is 0 Å². The van der Waals surface area contributed by atoms with Gasteiger partial charge in [-0.25, -0.2) is 4.68 Å². The highest BCUT2D eigenvalue weighted by Gasteiger charge is 2.17. The molecule has 0 atom stereocenters. The van der Waals surface area contributed by atoms with Crippen molar-refractivity contribution in [2.45, 2.75) is 27.3 Å². The van der Waals surface area contributed by atoms with Gasteiger partial charge in [-0.1, -0.05) is 0 Å². The molecule has 0 bridgehead atoms. The Kier molecular flexibility index (Phi) is 4.19. The van der Waals surface area contributed by atoms with Gasteiger partial charge in [0.1, 0.15) is 12.2 Å². The summed E-state index contributed by atoms with van der Waals surface area (Å²) in [5, 5.41) is 3.88. The van der Waals surface area contributed by atoms with Gasteiger partial charge >= 0.3 is 5.97 Å². The molecule has 98 valence electrons. The number of anilines is 1. The summed E-state index contributed by atoms with van der Waals surface area (Å²) in [5.41, 5.74) is 5.13. The molecule has 0 radical (unpaired) electrons. The highest BCUT2D eigenvalue weighted by Crippen LogP contribution is 2.10. The van der Waals surface area contributed by atoms with Crippen LogP contribution in [0.5, 0.6) is 0 Å². The van der Waals surface area contributed by atoms with Crippen LogP contribution in [0.15, 0.2) is 4.79 Å². The van der Waals surface area contributed by atoms with Crippen molar-refractivity contribution in [2.24, 2.45) is 0 Å². The first kappa shape index (κ1) is 13.9. The van der Waals surface area contributed by atoms with E-state index in [1.54, 1.807) is 13.8 Å². The monoisotopic (exact) mass is 253 g/mol. The first-order valence-electron chi connectivity index (χ1n) is 5.42. The van der Waals surface area contributed by atoms with Crippen LogP contribution in [0.4, 0.5) is 5.69 Å². The van der Waals surface area contributed by atoms with Gasteiger partial charge in [0.2, 0.25) is 0 Å². The number of aryl methyl sites for hydroxylation is 1. The Labute approximate surface area is 104 Å². The lowest BCUT2D eigenvalue weighted by Crippen LogP contribution is -2.32. The second-order valence-corrected chi connectivity index (χ2v) is 3.70. The van der Waals surface area contributed by atoms with E-state index in [1.165, 1.54) is 6.92 Å². The lowest BCUT2D eigenvalue weighted by Gasteiger charge is -2.09. The van der Waals surface area contributed by atoms with E-state index in [1.807, 2.05) is 0 Å². The number of rotatable bonds is 4. The van der Waals surface area contributed by atoms with Gasteiger partial charge in [-0.3, -0.25) is 14.4 Å². The molecule has 0 saturated heterocycles. The molecule has 0 saturated carbocycles. The number of carbonyl (C=O) groups is 2. The van der Waals surface area contributed by atoms with Gasteiger partial charge in [0.25, 0.3) is 5.56 Å². The van der Waals surface area contributed by atoms with E-state index in [0.29, 0.717) is 5.69 Å². The van der Waals surface area contributed by atoms with E-state index < -0.39 is 11.5 Å². The molecule has 0 aliphatic rings. The molecule has 2 N–H and O–H groups in total. The van der Waals surface area contributed by atoms with E-state index in [0.717, 1.165) is 4.68 Å². The number of Topliss-reactive ketones (excluding diaryl/α,β-unsaturated/α-hetero) is 1. The second-order valence-electron chi connectivity index (χ2n) is 3.70. The minimum absolute atomic E-state index is 0.0973. The topological polar surface area (TPSA) is 104 Å². The molecule has 0 aliphatic heterocycles. The van der Waals surface area contributed by atoms with Gasteiger partial charge in [0.15, 0.2) is 5.78 Å². The summed E-state index contributed by atoms with van der Waals surface area (Å²) in [7, 11) is 0. The molecule has 7 heteroatoms. The van der Waals surface area contributed by atoms with E-state index in [4.69, 9.17) is 10.5 Å². The summed E-state index contributed by atoms with van der Waals surface area (Å²) in [6.45, 7) is 4.40. The van der Waals surface area contributed by atoms with Crippen LogP contribution in [0.2, 0.25) is 0 Å². The Morgan fingerprint density at radius 2 is 2.06 bits per heavy atom. The van der Waals surface area contributed by atoms with Gasteiger partial charge in [-0.15, -0.1) is 0 Å². The predicted molar refractivity (Wildman–Crippen MR) is 64.3 cm³/mol. The molecule has 0 amide bonds. The molecular weight excluding hydrogens is 238 g/mol. The van der Waals surface area contributed by atoms with Gasteiger partial charge in [-0.05, 0) is 20.8 Å². The molecule has 7 nitrogen and oxygen atoms in total. The number of nitrogen functional groups attached to an aromatic ring is 1. The third kappa shape index (κ3) is 2.73. The Morgan fingerprint density at radius 3 is 2.56 bits per heavy atom. The lowest BCUT2D eigenvalue weighted by molar-refractivity contribution is -0.144. The SMILES string of the molecule is CCOC(=O)Cn1nc(C)c(C(C)=O)c(N)c1=O. The average Bonchev–Trinajstić information content (AvgIpc) is 2.25. The second kappa shape index (κ2) is 5.44. The first-order valence-corrected chi connectivity index (χ1v) is 5.42. The number of aromatic nitrogens is 2. The van der Waals surface area contributed by atoms with Crippen LogP contribution < -0.4 is 11.3 Å². The quantitative estimate of drug-likeness (QED) is 0.593. The Balaban J connectivity index is 3.22. The van der Waals surface area contributed by atoms with E-state index in [9.17, 15) is 14.4 Å². The Hall–Kier alpha value is -2.18. The van der Waals surface area contributed by atoms with Crippen LogP contribution in [0.3, 0.4) is 0 Å². The molecule has 0 aliphatic carbocycles. The Morgan fingerprint density at radius 1 is 1.44 bits per heavy atom. The smallest absolute Gasteiger partial charge is 0.327 e. The fourth-order valence-electron chi connectivity index (χ4n) is 1.60. The fraction of sp³-hybridized carbons (Fsp3) is 0.455. The average molecular weight is 253 g/mol. The van der Waals surface area contributed by atoms with Crippen LogP contribution in [0, 0.1) is 6.92 Å². The third-order valence-electron chi connectivity index (χ3n) is 2.30. The number of hydrogen-bond donors (Lipinski definition) is 1. The first-order chi connectivity index (χ1) is 8.38. The van der Waals surface area contributed by atoms with Crippen molar-refractivity contribution in [3.05, 3.63) is 21.6 Å². The highest BCUT2D eigenvalue weighted by molar-refractivity contribution is 5.99. The van der Waals surface area contributed by atoms with Crippen LogP contribution in [0.25, 0.3) is 0 Å². The van der Waals surface area contributed by atoms with Crippen LogP contribution in [0.1, 0.15) is 29.9 Å². The van der Waals surface area contributed by atoms with Gasteiger partial charge < -0.3 is 10.5 Å². The van der Waals surface area contributed by atoms with Crippen molar-refractivity contribution >= 4 is 17.4 Å². The number of nitrogens with zero attached hydrogens (tertiary/aromatic N) is 2. The molecular formula is C11H15N3O4. The zero-order valence-corrected chi connectivity index (χ0v) is 10.5. The van der Waals surface area contributed by atoms with Crippen LogP contribution in [-0.2, 0) is 16.1 Å². The van der Waals surface area contributed by atoms with Gasteiger partial charge in [0, 0.05) is 0 Å². The van der Waals surface area contributed by atoms with Crippen molar-refractivity contribution < 1.29 is 14.3 Å². The number of nitrogens with two attached hydrogens (primary N) is 1. The standard InChI is InChI=1S/C11H15N3O4/c1-4-18-8(16)5-14-11(17)10(12)9(7(3)15)6(2)13-14/h4-5,12H2,1-3H3. The number of hydrogen-bond acceptors (Lipinski definition) is 6. The van der Waals surface area contributed by atoms with E-state index in [2.05, 4.69) is 5.10 Å². The lowest BCUT2D eigenvalue weighted by atomic mass is 10.1. The molecule has 18 heavy (non-hydrogen) atoms. The summed E-state index contributed by atoms with van der Waals surface area (Å²) in [4.78, 5) is 34.4. The summed E-state index contributed by atoms with van der Waals surface area (Å²) in [6, 6.07) is 0. The van der Waals surface area contributed by atoms with Gasteiger partial charge in [-0.2, -0.15) is 5.10 Å². The summed E-state index contributed by atoms with van der Waals surface area (Å²) < 4.78 is 5.61. The van der Waals surface area contributed by atoms with Crippen LogP contribution in [-0.4, -0.2) is 28.1 Å². The van der Waals surface area contributed by atoms with Crippen molar-refractivity contribution in [2.75, 3.05) is 12.3 Å². The molecule has 1 aromatic heterocycles. The maximum atomic E-state index is 11.8. The highest BCUT2D eigenvalue weighted by atomic mass is 16.5. The minimum Gasteiger partial charge on any atom is -0.465 e. The number of ether oxygens (including phenoxy) is 1. The molecule has 0 aromatic carbocycles. The van der Waals surface area contributed by atoms with Gasteiger partial charge in [0.05, 0.1) is 17.9 Å². The fourth-order valence-corrected chi connectivity index (χ4v) is 1.60. The molecule has 0 fully saturated rings.